The van der Waals surface area contributed by atoms with Crippen LogP contribution in [0.1, 0.15) is 63.2 Å². The fraction of sp³-hybridized carbons (Fsp3) is 0.692. The average molecular weight is 285 g/mol. The largest absolute Gasteiger partial charge is 0.238 e. The first-order chi connectivity index (χ1) is 7.45. The summed E-state index contributed by atoms with van der Waals surface area (Å²) in [6.07, 6.45) is 1.11. The van der Waals surface area contributed by atoms with Crippen molar-refractivity contribution < 1.29 is 0 Å². The van der Waals surface area contributed by atoms with E-state index in [0.717, 1.165) is 23.6 Å². The Balaban J connectivity index is 3.04. The summed E-state index contributed by atoms with van der Waals surface area (Å²) >= 11 is 3.70. The molecule has 2 atom stereocenters. The van der Waals surface area contributed by atoms with E-state index >= 15 is 0 Å². The third-order valence-corrected chi connectivity index (χ3v) is 4.25. The van der Waals surface area contributed by atoms with Crippen LogP contribution in [0.5, 0.6) is 0 Å². The summed E-state index contributed by atoms with van der Waals surface area (Å²) in [5, 5.41) is 0. The Morgan fingerprint density at radius 1 is 1.25 bits per heavy atom. The van der Waals surface area contributed by atoms with Crippen molar-refractivity contribution in [2.75, 3.05) is 0 Å². The monoisotopic (exact) mass is 284 g/mol. The minimum Gasteiger partial charge on any atom is -0.238 e. The Morgan fingerprint density at radius 3 is 2.38 bits per heavy atom. The van der Waals surface area contributed by atoms with Crippen molar-refractivity contribution in [1.29, 1.82) is 0 Å². The minimum atomic E-state index is 0.390. The minimum absolute atomic E-state index is 0.390. The van der Waals surface area contributed by atoms with E-state index in [1.807, 2.05) is 6.92 Å². The molecule has 0 saturated carbocycles. The van der Waals surface area contributed by atoms with E-state index in [1.54, 1.807) is 0 Å². The summed E-state index contributed by atoms with van der Waals surface area (Å²) in [6.45, 7) is 10.7. The van der Waals surface area contributed by atoms with Gasteiger partial charge in [-0.3, -0.25) is 0 Å². The van der Waals surface area contributed by atoms with Gasteiger partial charge in [-0.2, -0.15) is 0 Å². The van der Waals surface area contributed by atoms with Crippen molar-refractivity contribution >= 4 is 15.9 Å². The van der Waals surface area contributed by atoms with Crippen LogP contribution in [0, 0.1) is 6.92 Å². The van der Waals surface area contributed by atoms with E-state index in [9.17, 15) is 0 Å². The highest BCUT2D eigenvalue weighted by atomic mass is 79.9. The first-order valence-electron chi connectivity index (χ1n) is 5.95. The Hall–Kier alpha value is -0.440. The summed E-state index contributed by atoms with van der Waals surface area (Å²) in [4.78, 5) is 9.62. The van der Waals surface area contributed by atoms with Gasteiger partial charge in [-0.25, -0.2) is 9.97 Å². The summed E-state index contributed by atoms with van der Waals surface area (Å²) in [5.74, 6) is 1.78. The lowest BCUT2D eigenvalue weighted by atomic mass is 10.0. The molecule has 2 nitrogen and oxygen atoms in total. The fourth-order valence-corrected chi connectivity index (χ4v) is 1.92. The Morgan fingerprint density at radius 2 is 1.88 bits per heavy atom. The van der Waals surface area contributed by atoms with Gasteiger partial charge in [0.2, 0.25) is 0 Å². The maximum Gasteiger partial charge on any atom is 0.131 e. The third kappa shape index (κ3) is 3.27. The highest BCUT2D eigenvalue weighted by Gasteiger charge is 2.17. The maximum absolute atomic E-state index is 4.66. The molecular weight excluding hydrogens is 264 g/mol. The molecule has 0 bridgehead atoms. The average Bonchev–Trinajstić information content (AvgIpc) is 2.26. The van der Waals surface area contributed by atoms with Gasteiger partial charge in [0.15, 0.2) is 0 Å². The standard InChI is InChI=1S/C13H21BrN2/c1-6-11(14)10(5)12-7-9(4)15-13(16-12)8(2)3/h7-8,10-11H,6H2,1-5H3. The second-order valence-electron chi connectivity index (χ2n) is 4.66. The van der Waals surface area contributed by atoms with E-state index in [-0.39, 0.29) is 0 Å². The molecule has 1 rings (SSSR count). The van der Waals surface area contributed by atoms with Crippen LogP contribution in [0.4, 0.5) is 0 Å². The summed E-state index contributed by atoms with van der Waals surface area (Å²) in [6, 6.07) is 2.10. The molecule has 0 aliphatic rings. The van der Waals surface area contributed by atoms with Gasteiger partial charge in [0.05, 0.1) is 0 Å². The lowest BCUT2D eigenvalue weighted by Crippen LogP contribution is -2.12. The number of aromatic nitrogens is 2. The van der Waals surface area contributed by atoms with Crippen molar-refractivity contribution in [2.45, 2.75) is 57.7 Å². The molecule has 1 heterocycles. The van der Waals surface area contributed by atoms with Crippen LogP contribution in [-0.2, 0) is 0 Å². The number of nitrogens with zero attached hydrogens (tertiary/aromatic N) is 2. The van der Waals surface area contributed by atoms with Gasteiger partial charge in [-0.15, -0.1) is 0 Å². The SMILES string of the molecule is CCC(Br)C(C)c1cc(C)nc(C(C)C)n1. The molecule has 16 heavy (non-hydrogen) atoms. The smallest absolute Gasteiger partial charge is 0.131 e. The number of aryl methyl sites for hydroxylation is 1. The highest BCUT2D eigenvalue weighted by molar-refractivity contribution is 9.09. The predicted octanol–water partition coefficient (Wildman–Crippen LogP) is 4.19. The normalized spacial score (nSPS) is 15.2. The number of hydrogen-bond donors (Lipinski definition) is 0. The van der Waals surface area contributed by atoms with Gasteiger partial charge in [-0.05, 0) is 19.4 Å². The molecule has 0 fully saturated rings. The van der Waals surface area contributed by atoms with Gasteiger partial charge < -0.3 is 0 Å². The lowest BCUT2D eigenvalue weighted by molar-refractivity contribution is 0.652. The second-order valence-corrected chi connectivity index (χ2v) is 5.84. The van der Waals surface area contributed by atoms with Gasteiger partial charge in [0.1, 0.15) is 5.82 Å². The predicted molar refractivity (Wildman–Crippen MR) is 72.3 cm³/mol. The lowest BCUT2D eigenvalue weighted by Gasteiger charge is -2.18. The van der Waals surface area contributed by atoms with Gasteiger partial charge in [0.25, 0.3) is 0 Å². The van der Waals surface area contributed by atoms with Crippen LogP contribution in [0.2, 0.25) is 0 Å². The Kier molecular flexibility index (Phi) is 4.90. The highest BCUT2D eigenvalue weighted by Crippen LogP contribution is 2.26. The first-order valence-corrected chi connectivity index (χ1v) is 6.86. The summed E-state index contributed by atoms with van der Waals surface area (Å²) in [5.41, 5.74) is 2.22. The fourth-order valence-electron chi connectivity index (χ4n) is 1.65. The van der Waals surface area contributed by atoms with E-state index in [0.29, 0.717) is 16.7 Å². The molecule has 1 aromatic rings. The van der Waals surface area contributed by atoms with Gasteiger partial charge >= 0.3 is 0 Å². The maximum atomic E-state index is 4.66. The Labute approximate surface area is 107 Å². The zero-order valence-electron chi connectivity index (χ0n) is 10.8. The number of halogens is 1. The molecule has 90 valence electrons. The van der Waals surface area contributed by atoms with Crippen molar-refractivity contribution in [2.24, 2.45) is 0 Å². The first kappa shape index (κ1) is 13.6. The zero-order chi connectivity index (χ0) is 12.3. The molecule has 3 heteroatoms. The molecule has 0 aliphatic carbocycles. The van der Waals surface area contributed by atoms with E-state index < -0.39 is 0 Å². The van der Waals surface area contributed by atoms with E-state index in [2.05, 4.69) is 59.7 Å². The van der Waals surface area contributed by atoms with Crippen LogP contribution < -0.4 is 0 Å². The van der Waals surface area contributed by atoms with Crippen LogP contribution in [0.25, 0.3) is 0 Å². The summed E-state index contributed by atoms with van der Waals surface area (Å²) < 4.78 is 0. The van der Waals surface area contributed by atoms with Crippen molar-refractivity contribution in [3.8, 4) is 0 Å². The van der Waals surface area contributed by atoms with Crippen molar-refractivity contribution in [3.63, 3.8) is 0 Å². The zero-order valence-corrected chi connectivity index (χ0v) is 12.4. The van der Waals surface area contributed by atoms with Crippen molar-refractivity contribution in [3.05, 3.63) is 23.3 Å². The molecule has 0 N–H and O–H groups in total. The molecule has 0 aliphatic heterocycles. The Bertz CT molecular complexity index is 350. The molecule has 0 saturated heterocycles. The van der Waals surface area contributed by atoms with Gasteiger partial charge in [-0.1, -0.05) is 43.6 Å². The van der Waals surface area contributed by atoms with E-state index in [1.165, 1.54) is 0 Å². The van der Waals surface area contributed by atoms with Crippen molar-refractivity contribution in [1.82, 2.24) is 9.97 Å². The van der Waals surface area contributed by atoms with E-state index in [4.69, 9.17) is 0 Å². The quantitative estimate of drug-likeness (QED) is 0.775. The van der Waals surface area contributed by atoms with Crippen LogP contribution >= 0.6 is 15.9 Å². The summed E-state index contributed by atoms with van der Waals surface area (Å²) in [7, 11) is 0. The topological polar surface area (TPSA) is 25.8 Å². The molecule has 0 radical (unpaired) electrons. The number of alkyl halides is 1. The van der Waals surface area contributed by atoms with Crippen LogP contribution in [0.3, 0.4) is 0 Å². The molecule has 1 aromatic heterocycles. The molecule has 0 spiro atoms. The molecule has 2 unspecified atom stereocenters. The van der Waals surface area contributed by atoms with Crippen LogP contribution in [0.15, 0.2) is 6.07 Å². The van der Waals surface area contributed by atoms with Gasteiger partial charge in [0, 0.05) is 28.1 Å². The molecular formula is C13H21BrN2. The number of hydrogen-bond acceptors (Lipinski definition) is 2. The van der Waals surface area contributed by atoms with Crippen LogP contribution in [-0.4, -0.2) is 14.8 Å². The second kappa shape index (κ2) is 5.76. The third-order valence-electron chi connectivity index (χ3n) is 2.81. The number of rotatable bonds is 4. The molecule has 0 amide bonds. The molecule has 0 aromatic carbocycles.